The van der Waals surface area contributed by atoms with E-state index < -0.39 is 0 Å². The molecule has 1 aliphatic carbocycles. The van der Waals surface area contributed by atoms with Gasteiger partial charge in [-0.05, 0) is 40.0 Å². The van der Waals surface area contributed by atoms with E-state index in [-0.39, 0.29) is 11.9 Å². The molecule has 1 unspecified atom stereocenters. The standard InChI is InChI=1S/C11H18O2/c1-4-13-11(12)10-6-5-8(2)9(3)7-10/h10H,4-7H2,1-3H3. The Bertz CT molecular complexity index is 228. The summed E-state index contributed by atoms with van der Waals surface area (Å²) in [4.78, 5) is 11.4. The first-order valence-electron chi connectivity index (χ1n) is 4.97. The van der Waals surface area contributed by atoms with Crippen LogP contribution in [0.5, 0.6) is 0 Å². The van der Waals surface area contributed by atoms with Crippen molar-refractivity contribution < 1.29 is 9.53 Å². The van der Waals surface area contributed by atoms with Gasteiger partial charge in [-0.2, -0.15) is 0 Å². The van der Waals surface area contributed by atoms with Gasteiger partial charge in [0.1, 0.15) is 0 Å². The zero-order valence-corrected chi connectivity index (χ0v) is 8.72. The molecule has 0 fully saturated rings. The topological polar surface area (TPSA) is 26.3 Å². The molecule has 0 bridgehead atoms. The minimum atomic E-state index is -0.0191. The van der Waals surface area contributed by atoms with Crippen LogP contribution in [0.15, 0.2) is 11.1 Å². The molecule has 1 rings (SSSR count). The van der Waals surface area contributed by atoms with Crippen LogP contribution in [0.1, 0.15) is 40.0 Å². The molecule has 0 amide bonds. The molecule has 0 aromatic rings. The quantitative estimate of drug-likeness (QED) is 0.485. The van der Waals surface area contributed by atoms with Gasteiger partial charge in [-0.25, -0.2) is 0 Å². The summed E-state index contributed by atoms with van der Waals surface area (Å²) in [6.07, 6.45) is 2.90. The monoisotopic (exact) mass is 182 g/mol. The average Bonchev–Trinajstić information content (AvgIpc) is 2.10. The van der Waals surface area contributed by atoms with Crippen molar-refractivity contribution in [3.63, 3.8) is 0 Å². The Labute approximate surface area is 80.0 Å². The molecule has 0 spiro atoms. The van der Waals surface area contributed by atoms with Crippen LogP contribution in [0.4, 0.5) is 0 Å². The van der Waals surface area contributed by atoms with E-state index in [1.54, 1.807) is 0 Å². The average molecular weight is 182 g/mol. The lowest BCUT2D eigenvalue weighted by atomic mass is 9.85. The summed E-state index contributed by atoms with van der Waals surface area (Å²) >= 11 is 0. The largest absolute Gasteiger partial charge is 0.466 e. The SMILES string of the molecule is CCOC(=O)C1CCC(C)=C(C)C1. The van der Waals surface area contributed by atoms with Gasteiger partial charge in [0.25, 0.3) is 0 Å². The first-order chi connectivity index (χ1) is 6.15. The second kappa shape index (κ2) is 4.45. The third-order valence-corrected chi connectivity index (χ3v) is 2.77. The Hall–Kier alpha value is -0.790. The maximum absolute atomic E-state index is 11.4. The summed E-state index contributed by atoms with van der Waals surface area (Å²) in [6.45, 7) is 6.61. The van der Waals surface area contributed by atoms with Crippen molar-refractivity contribution in [3.8, 4) is 0 Å². The number of hydrogen-bond donors (Lipinski definition) is 0. The smallest absolute Gasteiger partial charge is 0.309 e. The zero-order valence-electron chi connectivity index (χ0n) is 8.72. The van der Waals surface area contributed by atoms with E-state index in [9.17, 15) is 4.79 Å². The van der Waals surface area contributed by atoms with E-state index in [1.165, 1.54) is 11.1 Å². The number of ether oxygens (including phenoxy) is 1. The van der Waals surface area contributed by atoms with Gasteiger partial charge in [-0.15, -0.1) is 0 Å². The summed E-state index contributed by atoms with van der Waals surface area (Å²) < 4.78 is 5.00. The molecule has 0 aromatic carbocycles. The van der Waals surface area contributed by atoms with E-state index in [2.05, 4.69) is 13.8 Å². The second-order valence-corrected chi connectivity index (χ2v) is 3.75. The molecule has 74 valence electrons. The van der Waals surface area contributed by atoms with Crippen LogP contribution in [0, 0.1) is 5.92 Å². The van der Waals surface area contributed by atoms with Crippen molar-refractivity contribution >= 4 is 5.97 Å². The van der Waals surface area contributed by atoms with Crippen molar-refractivity contribution in [2.45, 2.75) is 40.0 Å². The Morgan fingerprint density at radius 1 is 1.46 bits per heavy atom. The lowest BCUT2D eigenvalue weighted by molar-refractivity contribution is -0.148. The highest BCUT2D eigenvalue weighted by atomic mass is 16.5. The van der Waals surface area contributed by atoms with Crippen LogP contribution in [0.2, 0.25) is 0 Å². The second-order valence-electron chi connectivity index (χ2n) is 3.75. The fourth-order valence-electron chi connectivity index (χ4n) is 1.71. The van der Waals surface area contributed by atoms with Crippen molar-refractivity contribution in [2.24, 2.45) is 5.92 Å². The Balaban J connectivity index is 2.53. The predicted molar refractivity (Wildman–Crippen MR) is 52.3 cm³/mol. The summed E-state index contributed by atoms with van der Waals surface area (Å²) in [5.41, 5.74) is 2.81. The summed E-state index contributed by atoms with van der Waals surface area (Å²) in [5, 5.41) is 0. The molecular formula is C11H18O2. The van der Waals surface area contributed by atoms with Gasteiger partial charge in [-0.3, -0.25) is 4.79 Å². The molecule has 2 nitrogen and oxygen atoms in total. The first kappa shape index (κ1) is 10.3. The van der Waals surface area contributed by atoms with Crippen LogP contribution in [-0.2, 0) is 9.53 Å². The molecule has 0 N–H and O–H groups in total. The van der Waals surface area contributed by atoms with E-state index in [0.717, 1.165) is 19.3 Å². The molecule has 0 saturated carbocycles. The third kappa shape index (κ3) is 2.58. The van der Waals surface area contributed by atoms with E-state index in [0.29, 0.717) is 6.61 Å². The number of rotatable bonds is 2. The summed E-state index contributed by atoms with van der Waals surface area (Å²) in [7, 11) is 0. The van der Waals surface area contributed by atoms with Gasteiger partial charge in [0.2, 0.25) is 0 Å². The van der Waals surface area contributed by atoms with Crippen LogP contribution >= 0.6 is 0 Å². The number of allylic oxidation sites excluding steroid dienone is 2. The van der Waals surface area contributed by atoms with Gasteiger partial charge < -0.3 is 4.74 Å². The zero-order chi connectivity index (χ0) is 9.84. The lowest BCUT2D eigenvalue weighted by Gasteiger charge is -2.22. The molecule has 0 heterocycles. The molecule has 1 aliphatic rings. The first-order valence-corrected chi connectivity index (χ1v) is 4.97. The van der Waals surface area contributed by atoms with Crippen molar-refractivity contribution in [1.29, 1.82) is 0 Å². The van der Waals surface area contributed by atoms with E-state index >= 15 is 0 Å². The molecule has 0 aromatic heterocycles. The normalized spacial score (nSPS) is 23.2. The number of hydrogen-bond acceptors (Lipinski definition) is 2. The number of esters is 1. The minimum absolute atomic E-state index is 0.0191. The van der Waals surface area contributed by atoms with Crippen molar-refractivity contribution in [3.05, 3.63) is 11.1 Å². The van der Waals surface area contributed by atoms with Gasteiger partial charge in [0.15, 0.2) is 0 Å². The van der Waals surface area contributed by atoms with Gasteiger partial charge in [0, 0.05) is 0 Å². The Morgan fingerprint density at radius 3 is 2.69 bits per heavy atom. The van der Waals surface area contributed by atoms with Crippen LogP contribution in [0.3, 0.4) is 0 Å². The molecule has 2 heteroatoms. The Kier molecular flexibility index (Phi) is 3.52. The van der Waals surface area contributed by atoms with Gasteiger partial charge in [-0.1, -0.05) is 11.1 Å². The number of carbonyl (C=O) groups is 1. The summed E-state index contributed by atoms with van der Waals surface area (Å²) in [5.74, 6) is 0.0954. The predicted octanol–water partition coefficient (Wildman–Crippen LogP) is 2.69. The maximum Gasteiger partial charge on any atom is 0.309 e. The molecular weight excluding hydrogens is 164 g/mol. The fourth-order valence-corrected chi connectivity index (χ4v) is 1.71. The Morgan fingerprint density at radius 2 is 2.15 bits per heavy atom. The lowest BCUT2D eigenvalue weighted by Crippen LogP contribution is -2.21. The summed E-state index contributed by atoms with van der Waals surface area (Å²) in [6, 6.07) is 0. The third-order valence-electron chi connectivity index (χ3n) is 2.77. The minimum Gasteiger partial charge on any atom is -0.466 e. The van der Waals surface area contributed by atoms with Crippen molar-refractivity contribution in [1.82, 2.24) is 0 Å². The van der Waals surface area contributed by atoms with Crippen LogP contribution in [-0.4, -0.2) is 12.6 Å². The van der Waals surface area contributed by atoms with Gasteiger partial charge in [0.05, 0.1) is 12.5 Å². The molecule has 0 radical (unpaired) electrons. The highest BCUT2D eigenvalue weighted by Crippen LogP contribution is 2.29. The van der Waals surface area contributed by atoms with E-state index in [1.807, 2.05) is 6.92 Å². The highest BCUT2D eigenvalue weighted by Gasteiger charge is 2.23. The van der Waals surface area contributed by atoms with Crippen LogP contribution < -0.4 is 0 Å². The van der Waals surface area contributed by atoms with Crippen LogP contribution in [0.25, 0.3) is 0 Å². The maximum atomic E-state index is 11.4. The van der Waals surface area contributed by atoms with Gasteiger partial charge >= 0.3 is 5.97 Å². The molecule has 0 saturated heterocycles. The molecule has 0 aliphatic heterocycles. The molecule has 1 atom stereocenters. The number of carbonyl (C=O) groups excluding carboxylic acids is 1. The fraction of sp³-hybridized carbons (Fsp3) is 0.727. The van der Waals surface area contributed by atoms with Crippen molar-refractivity contribution in [2.75, 3.05) is 6.61 Å². The highest BCUT2D eigenvalue weighted by molar-refractivity contribution is 5.73. The van der Waals surface area contributed by atoms with E-state index in [4.69, 9.17) is 4.74 Å². The molecule has 13 heavy (non-hydrogen) atoms.